The van der Waals surface area contributed by atoms with Crippen LogP contribution < -0.4 is 10.2 Å². The highest BCUT2D eigenvalue weighted by atomic mass is 32.2. The first-order valence-electron chi connectivity index (χ1n) is 8.57. The van der Waals surface area contributed by atoms with Crippen molar-refractivity contribution in [2.45, 2.75) is 13.3 Å². The van der Waals surface area contributed by atoms with Gasteiger partial charge in [0.2, 0.25) is 0 Å². The third-order valence-electron chi connectivity index (χ3n) is 4.28. The third kappa shape index (κ3) is 3.14. The molecule has 0 saturated carbocycles. The van der Waals surface area contributed by atoms with Crippen molar-refractivity contribution in [1.29, 1.82) is 0 Å². The SMILES string of the molecule is CCCN1C(=O)C(=C2SC(=Nc3ccc(F)cc3)NC2=O)c2ccccc21. The Morgan fingerprint density at radius 2 is 1.85 bits per heavy atom. The molecule has 1 fully saturated rings. The fourth-order valence-electron chi connectivity index (χ4n) is 3.12. The van der Waals surface area contributed by atoms with Gasteiger partial charge in [-0.1, -0.05) is 25.1 Å². The van der Waals surface area contributed by atoms with Gasteiger partial charge in [-0.15, -0.1) is 0 Å². The fourth-order valence-corrected chi connectivity index (χ4v) is 4.05. The van der Waals surface area contributed by atoms with Crippen molar-refractivity contribution in [3.8, 4) is 0 Å². The molecule has 0 unspecified atom stereocenters. The number of anilines is 1. The lowest BCUT2D eigenvalue weighted by molar-refractivity contribution is -0.116. The van der Waals surface area contributed by atoms with Gasteiger partial charge in [-0.3, -0.25) is 9.59 Å². The summed E-state index contributed by atoms with van der Waals surface area (Å²) in [6.07, 6.45) is 0.819. The van der Waals surface area contributed by atoms with E-state index < -0.39 is 0 Å². The average molecular weight is 381 g/mol. The first kappa shape index (κ1) is 17.5. The van der Waals surface area contributed by atoms with E-state index in [4.69, 9.17) is 0 Å². The highest BCUT2D eigenvalue weighted by Crippen LogP contribution is 2.42. The van der Waals surface area contributed by atoms with Crippen LogP contribution in [0.5, 0.6) is 0 Å². The van der Waals surface area contributed by atoms with Gasteiger partial charge in [-0.25, -0.2) is 9.38 Å². The summed E-state index contributed by atoms with van der Waals surface area (Å²) in [7, 11) is 0. The number of rotatable bonds is 3. The van der Waals surface area contributed by atoms with Crippen LogP contribution in [0.1, 0.15) is 18.9 Å². The number of halogens is 1. The van der Waals surface area contributed by atoms with Crippen LogP contribution in [-0.4, -0.2) is 23.5 Å². The zero-order chi connectivity index (χ0) is 19.0. The fraction of sp³-hybridized carbons (Fsp3) is 0.150. The monoisotopic (exact) mass is 381 g/mol. The summed E-state index contributed by atoms with van der Waals surface area (Å²) in [4.78, 5) is 31.9. The Hall–Kier alpha value is -2.93. The van der Waals surface area contributed by atoms with Crippen LogP contribution in [0.15, 0.2) is 58.4 Å². The third-order valence-corrected chi connectivity index (χ3v) is 5.26. The van der Waals surface area contributed by atoms with E-state index in [-0.39, 0.29) is 17.6 Å². The van der Waals surface area contributed by atoms with E-state index in [9.17, 15) is 14.0 Å². The Balaban J connectivity index is 1.74. The molecule has 4 rings (SSSR count). The number of benzene rings is 2. The van der Waals surface area contributed by atoms with Gasteiger partial charge in [0.05, 0.1) is 21.9 Å². The van der Waals surface area contributed by atoms with Crippen molar-refractivity contribution in [2.24, 2.45) is 4.99 Å². The van der Waals surface area contributed by atoms with Crippen LogP contribution in [-0.2, 0) is 9.59 Å². The first-order valence-corrected chi connectivity index (χ1v) is 9.39. The van der Waals surface area contributed by atoms with Crippen LogP contribution in [0.3, 0.4) is 0 Å². The summed E-state index contributed by atoms with van der Waals surface area (Å²) in [5, 5.41) is 3.06. The Morgan fingerprint density at radius 1 is 1.11 bits per heavy atom. The normalized spacial score (nSPS) is 20.4. The summed E-state index contributed by atoms with van der Waals surface area (Å²) < 4.78 is 13.0. The summed E-state index contributed by atoms with van der Waals surface area (Å²) in [5.41, 5.74) is 2.52. The van der Waals surface area contributed by atoms with Crippen LogP contribution in [0.4, 0.5) is 15.8 Å². The van der Waals surface area contributed by atoms with Gasteiger partial charge in [0, 0.05) is 12.1 Å². The molecule has 0 aromatic heterocycles. The lowest BCUT2D eigenvalue weighted by Gasteiger charge is -2.15. The standard InChI is InChI=1S/C20H16FN3O2S/c1-2-11-24-15-6-4-3-5-14(15)16(19(24)26)17-18(25)23-20(27-17)22-13-9-7-12(21)8-10-13/h3-10H,2,11H2,1H3,(H,22,23,25). The number of amides is 2. The lowest BCUT2D eigenvalue weighted by Crippen LogP contribution is -2.27. The molecular formula is C20H16FN3O2S. The molecule has 2 aliphatic heterocycles. The zero-order valence-corrected chi connectivity index (χ0v) is 15.3. The smallest absolute Gasteiger partial charge is 0.264 e. The number of amidine groups is 1. The first-order chi connectivity index (χ1) is 13.1. The molecule has 0 aliphatic carbocycles. The Labute approximate surface area is 160 Å². The topological polar surface area (TPSA) is 61.8 Å². The van der Waals surface area contributed by atoms with Crippen molar-refractivity contribution in [3.05, 3.63) is 64.8 Å². The van der Waals surface area contributed by atoms with Crippen LogP contribution in [0, 0.1) is 5.82 Å². The number of carbonyl (C=O) groups excluding carboxylic acids is 2. The summed E-state index contributed by atoms with van der Waals surface area (Å²) in [5.74, 6) is -0.870. The molecule has 1 N–H and O–H groups in total. The van der Waals surface area contributed by atoms with Crippen LogP contribution in [0.25, 0.3) is 5.57 Å². The highest BCUT2D eigenvalue weighted by molar-refractivity contribution is 8.18. The van der Waals surface area contributed by atoms with Crippen molar-refractivity contribution >= 4 is 45.7 Å². The van der Waals surface area contributed by atoms with E-state index in [2.05, 4.69) is 10.3 Å². The maximum absolute atomic E-state index is 13.0. The molecule has 5 nitrogen and oxygen atoms in total. The number of nitrogens with zero attached hydrogens (tertiary/aromatic N) is 2. The van der Waals surface area contributed by atoms with E-state index in [1.807, 2.05) is 31.2 Å². The molecule has 2 aliphatic rings. The van der Waals surface area contributed by atoms with Gasteiger partial charge in [0.15, 0.2) is 5.17 Å². The van der Waals surface area contributed by atoms with Crippen molar-refractivity contribution in [2.75, 3.05) is 11.4 Å². The molecule has 7 heteroatoms. The summed E-state index contributed by atoms with van der Waals surface area (Å²) in [6, 6.07) is 13.1. The Bertz CT molecular complexity index is 999. The lowest BCUT2D eigenvalue weighted by atomic mass is 10.1. The van der Waals surface area contributed by atoms with Gasteiger partial charge in [0.1, 0.15) is 5.82 Å². The second-order valence-electron chi connectivity index (χ2n) is 6.13. The van der Waals surface area contributed by atoms with Gasteiger partial charge < -0.3 is 10.2 Å². The van der Waals surface area contributed by atoms with Crippen LogP contribution in [0.2, 0.25) is 0 Å². The molecule has 2 heterocycles. The Kier molecular flexibility index (Phi) is 4.53. The molecule has 2 amide bonds. The van der Waals surface area contributed by atoms with Gasteiger partial charge in [0.25, 0.3) is 11.8 Å². The number of para-hydroxylation sites is 1. The second-order valence-corrected chi connectivity index (χ2v) is 7.13. The minimum atomic E-state index is -0.353. The highest BCUT2D eigenvalue weighted by Gasteiger charge is 2.38. The van der Waals surface area contributed by atoms with E-state index in [1.165, 1.54) is 24.3 Å². The second kappa shape index (κ2) is 7.00. The van der Waals surface area contributed by atoms with Crippen molar-refractivity contribution < 1.29 is 14.0 Å². The Morgan fingerprint density at radius 3 is 2.59 bits per heavy atom. The van der Waals surface area contributed by atoms with Crippen molar-refractivity contribution in [3.63, 3.8) is 0 Å². The molecule has 0 spiro atoms. The van der Waals surface area contributed by atoms with Gasteiger partial charge in [-0.2, -0.15) is 0 Å². The molecule has 0 radical (unpaired) electrons. The minimum Gasteiger partial charge on any atom is -0.308 e. The van der Waals surface area contributed by atoms with Gasteiger partial charge >= 0.3 is 0 Å². The molecule has 0 atom stereocenters. The number of nitrogens with one attached hydrogen (secondary N) is 1. The molecule has 2 aromatic rings. The number of hydrogen-bond acceptors (Lipinski definition) is 4. The zero-order valence-electron chi connectivity index (χ0n) is 14.5. The number of fused-ring (bicyclic) bond motifs is 1. The molecule has 136 valence electrons. The maximum atomic E-state index is 13.0. The largest absolute Gasteiger partial charge is 0.308 e. The number of aliphatic imine (C=N–C) groups is 1. The summed E-state index contributed by atoms with van der Waals surface area (Å²) >= 11 is 1.13. The predicted molar refractivity (Wildman–Crippen MR) is 105 cm³/mol. The molecular weight excluding hydrogens is 365 g/mol. The van der Waals surface area contributed by atoms with Crippen molar-refractivity contribution in [1.82, 2.24) is 5.32 Å². The quantitative estimate of drug-likeness (QED) is 0.822. The van der Waals surface area contributed by atoms with Gasteiger partial charge in [-0.05, 0) is 48.5 Å². The van der Waals surface area contributed by atoms with Crippen LogP contribution >= 0.6 is 11.8 Å². The predicted octanol–water partition coefficient (Wildman–Crippen LogP) is 3.84. The summed E-state index contributed by atoms with van der Waals surface area (Å²) in [6.45, 7) is 2.60. The average Bonchev–Trinajstić information content (AvgIpc) is 3.15. The maximum Gasteiger partial charge on any atom is 0.264 e. The number of hydrogen-bond donors (Lipinski definition) is 1. The molecule has 27 heavy (non-hydrogen) atoms. The van der Waals surface area contributed by atoms with E-state index in [0.29, 0.717) is 27.9 Å². The van der Waals surface area contributed by atoms with E-state index in [0.717, 1.165) is 29.4 Å². The molecule has 1 saturated heterocycles. The number of thioether (sulfide) groups is 1. The molecule has 0 bridgehead atoms. The van der Waals surface area contributed by atoms with E-state index >= 15 is 0 Å². The van der Waals surface area contributed by atoms with E-state index in [1.54, 1.807) is 4.90 Å². The minimum absolute atomic E-state index is 0.168. The number of carbonyl (C=O) groups is 2. The molecule has 2 aromatic carbocycles.